The average molecular weight is 463 g/mol. The monoisotopic (exact) mass is 462 g/mol. The summed E-state index contributed by atoms with van der Waals surface area (Å²) < 4.78 is 0. The Hall–Kier alpha value is -2.60. The highest BCUT2D eigenvalue weighted by molar-refractivity contribution is 6.01. The van der Waals surface area contributed by atoms with E-state index in [0.717, 1.165) is 74.5 Å². The second kappa shape index (κ2) is 9.21. The van der Waals surface area contributed by atoms with Gasteiger partial charge in [0, 0.05) is 43.9 Å². The minimum atomic E-state index is -0.0869. The third-order valence-corrected chi connectivity index (χ3v) is 7.97. The van der Waals surface area contributed by atoms with Crippen LogP contribution in [0.1, 0.15) is 46.0 Å². The summed E-state index contributed by atoms with van der Waals surface area (Å²) in [5.74, 6) is 0.712. The van der Waals surface area contributed by atoms with Gasteiger partial charge in [-0.2, -0.15) is 0 Å². The van der Waals surface area contributed by atoms with Crippen LogP contribution in [0.25, 0.3) is 0 Å². The molecule has 1 aromatic rings. The van der Waals surface area contributed by atoms with E-state index in [1.807, 2.05) is 17.0 Å². The van der Waals surface area contributed by atoms with Crippen molar-refractivity contribution in [2.45, 2.75) is 52.0 Å². The number of hydrogen-bond donors (Lipinski definition) is 1. The Morgan fingerprint density at radius 1 is 1.09 bits per heavy atom. The van der Waals surface area contributed by atoms with Crippen LogP contribution in [0.5, 0.6) is 0 Å². The zero-order valence-corrected chi connectivity index (χ0v) is 20.8. The van der Waals surface area contributed by atoms with E-state index in [1.165, 1.54) is 0 Å². The Morgan fingerprint density at radius 3 is 2.59 bits per heavy atom. The van der Waals surface area contributed by atoms with Gasteiger partial charge in [0.05, 0.1) is 24.0 Å². The molecule has 4 aliphatic rings. The molecule has 0 unspecified atom stereocenters. The van der Waals surface area contributed by atoms with Crippen LogP contribution in [0.15, 0.2) is 47.7 Å². The van der Waals surface area contributed by atoms with Gasteiger partial charge in [0.2, 0.25) is 5.91 Å². The quantitative estimate of drug-likeness (QED) is 0.687. The van der Waals surface area contributed by atoms with E-state index in [-0.39, 0.29) is 23.1 Å². The summed E-state index contributed by atoms with van der Waals surface area (Å²) in [6, 6.07) is 8.19. The van der Waals surface area contributed by atoms with E-state index >= 15 is 0 Å². The molecule has 0 saturated carbocycles. The predicted octanol–water partition coefficient (Wildman–Crippen LogP) is 4.06. The molecule has 2 aliphatic carbocycles. The van der Waals surface area contributed by atoms with Crippen molar-refractivity contribution >= 4 is 23.1 Å². The van der Waals surface area contributed by atoms with E-state index in [4.69, 9.17) is 0 Å². The molecule has 0 aromatic heterocycles. The summed E-state index contributed by atoms with van der Waals surface area (Å²) in [6.07, 6.45) is 8.93. The number of nitrogens with one attached hydrogen (secondary N) is 1. The van der Waals surface area contributed by atoms with Gasteiger partial charge in [0.1, 0.15) is 0 Å². The number of rotatable bonds is 3. The van der Waals surface area contributed by atoms with E-state index in [2.05, 4.69) is 60.3 Å². The van der Waals surface area contributed by atoms with Gasteiger partial charge in [-0.3, -0.25) is 9.59 Å². The van der Waals surface area contributed by atoms with Crippen LogP contribution < -0.4 is 10.2 Å². The van der Waals surface area contributed by atoms with Gasteiger partial charge in [-0.25, -0.2) is 0 Å². The summed E-state index contributed by atoms with van der Waals surface area (Å²) in [7, 11) is 2.11. The maximum atomic E-state index is 13.7. The summed E-state index contributed by atoms with van der Waals surface area (Å²) in [4.78, 5) is 33.9. The summed E-state index contributed by atoms with van der Waals surface area (Å²) in [5.41, 5.74) is 3.94. The van der Waals surface area contributed by atoms with Crippen molar-refractivity contribution in [2.75, 3.05) is 50.0 Å². The topological polar surface area (TPSA) is 55.9 Å². The third kappa shape index (κ3) is 4.52. The van der Waals surface area contributed by atoms with Crippen LogP contribution in [0.2, 0.25) is 0 Å². The summed E-state index contributed by atoms with van der Waals surface area (Å²) >= 11 is 0. The molecule has 0 radical (unpaired) electrons. The number of likely N-dealkylation sites (N-methyl/N-ethyl adjacent to an activating group) is 1. The van der Waals surface area contributed by atoms with Crippen LogP contribution in [0.3, 0.4) is 0 Å². The van der Waals surface area contributed by atoms with Crippen LogP contribution in [-0.4, -0.2) is 67.3 Å². The molecule has 6 nitrogen and oxygen atoms in total. The Bertz CT molecular complexity index is 1020. The number of carbonyl (C=O) groups is 2. The Kier molecular flexibility index (Phi) is 6.28. The second-order valence-corrected chi connectivity index (χ2v) is 11.3. The fraction of sp³-hybridized carbons (Fsp3) is 0.571. The highest BCUT2D eigenvalue weighted by Gasteiger charge is 2.44. The first-order valence-electron chi connectivity index (χ1n) is 12.8. The molecule has 0 bridgehead atoms. The molecule has 1 saturated heterocycles. The minimum absolute atomic E-state index is 0.0697. The van der Waals surface area contributed by atoms with E-state index in [0.29, 0.717) is 18.9 Å². The summed E-state index contributed by atoms with van der Waals surface area (Å²) in [6.45, 7) is 8.01. The van der Waals surface area contributed by atoms with Crippen molar-refractivity contribution < 1.29 is 9.59 Å². The largest absolute Gasteiger partial charge is 0.357 e. The summed E-state index contributed by atoms with van der Waals surface area (Å²) in [5, 5.41) is 3.67. The number of anilines is 2. The van der Waals surface area contributed by atoms with Gasteiger partial charge in [-0.05, 0) is 56.2 Å². The Morgan fingerprint density at radius 2 is 1.85 bits per heavy atom. The molecule has 1 aromatic carbocycles. The van der Waals surface area contributed by atoms with Crippen molar-refractivity contribution in [1.82, 2.24) is 9.80 Å². The Labute approximate surface area is 203 Å². The first-order valence-corrected chi connectivity index (χ1v) is 12.8. The lowest BCUT2D eigenvalue weighted by molar-refractivity contribution is -0.131. The van der Waals surface area contributed by atoms with Gasteiger partial charge in [0.15, 0.2) is 5.78 Å². The van der Waals surface area contributed by atoms with Gasteiger partial charge < -0.3 is 20.0 Å². The van der Waals surface area contributed by atoms with Crippen molar-refractivity contribution in [3.05, 3.63) is 47.7 Å². The molecular formula is C28H38N4O2. The molecule has 5 rings (SSSR count). The van der Waals surface area contributed by atoms with Crippen molar-refractivity contribution in [3.63, 3.8) is 0 Å². The van der Waals surface area contributed by atoms with Gasteiger partial charge >= 0.3 is 0 Å². The minimum Gasteiger partial charge on any atom is -0.357 e. The smallest absolute Gasteiger partial charge is 0.242 e. The fourth-order valence-corrected chi connectivity index (χ4v) is 6.17. The standard InChI is InChI=1S/C28H38N4O2/c1-28(2)17-22-26(24(33)18-28)27(20-9-5-4-6-10-20)32(23-12-8-7-11-21(23)29-22)19-25(34)31-15-13-30(3)14-16-31/h4-5,7-8,11-12,20,27,29H,6,9-10,13-19H2,1-3H3/t20-,27-/m1/s1. The van der Waals surface area contributed by atoms with Crippen molar-refractivity contribution in [3.8, 4) is 0 Å². The maximum absolute atomic E-state index is 13.7. The number of amides is 1. The molecule has 182 valence electrons. The first kappa shape index (κ1) is 23.2. The molecule has 6 heteroatoms. The number of Topliss-reactive ketones (excluding diaryl/α,β-unsaturated/α-hetero) is 1. The maximum Gasteiger partial charge on any atom is 0.242 e. The van der Waals surface area contributed by atoms with E-state index in [9.17, 15) is 9.59 Å². The molecule has 2 heterocycles. The van der Waals surface area contributed by atoms with E-state index < -0.39 is 0 Å². The van der Waals surface area contributed by atoms with Gasteiger partial charge in [-0.15, -0.1) is 0 Å². The second-order valence-electron chi connectivity index (χ2n) is 11.3. The number of ketones is 1. The zero-order valence-electron chi connectivity index (χ0n) is 20.8. The highest BCUT2D eigenvalue weighted by atomic mass is 16.2. The predicted molar refractivity (Wildman–Crippen MR) is 137 cm³/mol. The third-order valence-electron chi connectivity index (χ3n) is 7.97. The van der Waals surface area contributed by atoms with Crippen LogP contribution >= 0.6 is 0 Å². The van der Waals surface area contributed by atoms with Crippen LogP contribution in [0.4, 0.5) is 11.4 Å². The molecular weight excluding hydrogens is 424 g/mol. The van der Waals surface area contributed by atoms with E-state index in [1.54, 1.807) is 0 Å². The highest BCUT2D eigenvalue weighted by Crippen LogP contribution is 2.46. The molecule has 2 atom stereocenters. The number of piperazine rings is 1. The molecule has 1 amide bonds. The first-order chi connectivity index (χ1) is 16.3. The molecule has 0 spiro atoms. The van der Waals surface area contributed by atoms with Crippen molar-refractivity contribution in [1.29, 1.82) is 0 Å². The SMILES string of the molecule is CN1CCN(C(=O)CN2c3ccccc3NC3=C(C(=O)CC(C)(C)C3)[C@H]2[C@@H]2CC=CCC2)CC1. The molecule has 2 aliphatic heterocycles. The number of carbonyl (C=O) groups excluding carboxylic acids is 2. The van der Waals surface area contributed by atoms with Crippen LogP contribution in [-0.2, 0) is 9.59 Å². The number of hydrogen-bond acceptors (Lipinski definition) is 5. The average Bonchev–Trinajstić information content (AvgIpc) is 2.94. The lowest BCUT2D eigenvalue weighted by Crippen LogP contribution is -2.53. The number of benzene rings is 1. The lowest BCUT2D eigenvalue weighted by atomic mass is 9.71. The van der Waals surface area contributed by atoms with Crippen LogP contribution in [0, 0.1) is 11.3 Å². The van der Waals surface area contributed by atoms with Gasteiger partial charge in [-0.1, -0.05) is 38.1 Å². The molecule has 1 fully saturated rings. The van der Waals surface area contributed by atoms with Crippen molar-refractivity contribution in [2.24, 2.45) is 11.3 Å². The lowest BCUT2D eigenvalue weighted by Gasteiger charge is -2.42. The zero-order chi connectivity index (χ0) is 23.9. The number of para-hydroxylation sites is 2. The fourth-order valence-electron chi connectivity index (χ4n) is 6.17. The number of nitrogens with zero attached hydrogens (tertiary/aromatic N) is 3. The number of allylic oxidation sites excluding steroid dienone is 3. The normalized spacial score (nSPS) is 27.1. The molecule has 34 heavy (non-hydrogen) atoms. The Balaban J connectivity index is 1.58. The van der Waals surface area contributed by atoms with Gasteiger partial charge in [0.25, 0.3) is 0 Å². The molecule has 1 N–H and O–H groups in total. The number of fused-ring (bicyclic) bond motifs is 1.